The number of nitrogens with one attached hydrogen (secondary N) is 2. The van der Waals surface area contributed by atoms with Crippen LogP contribution in [0.25, 0.3) is 0 Å². The van der Waals surface area contributed by atoms with Crippen molar-refractivity contribution in [2.45, 2.75) is 4.21 Å². The van der Waals surface area contributed by atoms with Crippen LogP contribution in [0, 0.1) is 0 Å². The molecular weight excluding hydrogens is 364 g/mol. The van der Waals surface area contributed by atoms with Gasteiger partial charge in [0.2, 0.25) is 10.0 Å². The van der Waals surface area contributed by atoms with Crippen molar-refractivity contribution in [1.29, 1.82) is 0 Å². The summed E-state index contributed by atoms with van der Waals surface area (Å²) in [5.41, 5.74) is 0. The van der Waals surface area contributed by atoms with Crippen LogP contribution in [0.5, 0.6) is 0 Å². The number of ether oxygens (including phenoxy) is 1. The monoisotopic (exact) mass is 378 g/mol. The van der Waals surface area contributed by atoms with E-state index in [2.05, 4.69) is 26.0 Å². The number of rotatable bonds is 8. The highest BCUT2D eigenvalue weighted by atomic mass is 79.9. The summed E-state index contributed by atoms with van der Waals surface area (Å²) in [6.07, 6.45) is 0. The number of halogens is 2. The molecule has 1 rings (SSSR count). The number of methoxy groups -OCH3 is 1. The Balaban J connectivity index is 0.00000289. The minimum absolute atomic E-state index is 0. The Morgan fingerprint density at radius 3 is 2.61 bits per heavy atom. The molecule has 0 aromatic carbocycles. The van der Waals surface area contributed by atoms with Gasteiger partial charge in [-0.25, -0.2) is 13.1 Å². The van der Waals surface area contributed by atoms with Crippen LogP contribution in [0.4, 0.5) is 0 Å². The molecule has 1 aromatic heterocycles. The molecule has 0 aliphatic carbocycles. The van der Waals surface area contributed by atoms with Crippen LogP contribution < -0.4 is 10.0 Å². The number of hydrogen-bond acceptors (Lipinski definition) is 5. The molecule has 0 unspecified atom stereocenters. The fourth-order valence-corrected chi connectivity index (χ4v) is 4.17. The standard InChI is InChI=1S/C9H15BrN2O3S2.ClH/c1-15-7-6-11-4-5-12-17(13,14)9-3-2-8(10)16-9;/h2-3,11-12H,4-7H2,1H3;1H. The highest BCUT2D eigenvalue weighted by Gasteiger charge is 2.15. The van der Waals surface area contributed by atoms with Gasteiger partial charge in [0.05, 0.1) is 10.4 Å². The lowest BCUT2D eigenvalue weighted by Gasteiger charge is -2.05. The van der Waals surface area contributed by atoms with Gasteiger partial charge in [-0.05, 0) is 28.1 Å². The number of hydrogen-bond donors (Lipinski definition) is 2. The molecule has 18 heavy (non-hydrogen) atoms. The highest BCUT2D eigenvalue weighted by molar-refractivity contribution is 9.11. The third-order valence-electron chi connectivity index (χ3n) is 1.89. The van der Waals surface area contributed by atoms with E-state index in [4.69, 9.17) is 4.74 Å². The Labute approximate surface area is 126 Å². The largest absolute Gasteiger partial charge is 0.383 e. The van der Waals surface area contributed by atoms with Crippen LogP contribution in [-0.2, 0) is 14.8 Å². The first-order chi connectivity index (χ1) is 8.06. The molecule has 0 amide bonds. The molecule has 2 N–H and O–H groups in total. The van der Waals surface area contributed by atoms with Crippen LogP contribution in [-0.4, -0.2) is 41.8 Å². The van der Waals surface area contributed by atoms with Gasteiger partial charge in [0, 0.05) is 26.7 Å². The van der Waals surface area contributed by atoms with Crippen molar-refractivity contribution in [3.63, 3.8) is 0 Å². The van der Waals surface area contributed by atoms with Gasteiger partial charge in [-0.15, -0.1) is 23.7 Å². The number of thiophene rings is 1. The maximum atomic E-state index is 11.8. The van der Waals surface area contributed by atoms with Gasteiger partial charge >= 0.3 is 0 Å². The summed E-state index contributed by atoms with van der Waals surface area (Å²) in [4.78, 5) is 0. The second-order valence-corrected chi connectivity index (χ2v) is 7.66. The first-order valence-electron chi connectivity index (χ1n) is 5.01. The zero-order valence-electron chi connectivity index (χ0n) is 9.81. The summed E-state index contributed by atoms with van der Waals surface area (Å²) >= 11 is 4.43. The Morgan fingerprint density at radius 1 is 1.33 bits per heavy atom. The van der Waals surface area contributed by atoms with Gasteiger partial charge in [0.1, 0.15) is 4.21 Å². The summed E-state index contributed by atoms with van der Waals surface area (Å²) in [5.74, 6) is 0. The molecule has 0 aliphatic heterocycles. The van der Waals surface area contributed by atoms with E-state index in [9.17, 15) is 8.42 Å². The van der Waals surface area contributed by atoms with Gasteiger partial charge in [-0.3, -0.25) is 0 Å². The average molecular weight is 380 g/mol. The molecule has 106 valence electrons. The van der Waals surface area contributed by atoms with E-state index in [0.717, 1.165) is 3.79 Å². The Hall–Kier alpha value is 0.300. The molecule has 0 fully saturated rings. The van der Waals surface area contributed by atoms with E-state index in [1.165, 1.54) is 11.3 Å². The third kappa shape index (κ3) is 6.46. The topological polar surface area (TPSA) is 67.4 Å². The summed E-state index contributed by atoms with van der Waals surface area (Å²) in [7, 11) is -1.74. The van der Waals surface area contributed by atoms with E-state index in [1.54, 1.807) is 19.2 Å². The van der Waals surface area contributed by atoms with Crippen LogP contribution in [0.15, 0.2) is 20.1 Å². The second kappa shape index (κ2) is 9.24. The van der Waals surface area contributed by atoms with Gasteiger partial charge in [0.15, 0.2) is 0 Å². The smallest absolute Gasteiger partial charge is 0.250 e. The predicted octanol–water partition coefficient (Wildman–Crippen LogP) is 1.45. The molecule has 9 heteroatoms. The Morgan fingerprint density at radius 2 is 2.06 bits per heavy atom. The average Bonchev–Trinajstić information content (AvgIpc) is 2.71. The normalized spacial score (nSPS) is 11.2. The van der Waals surface area contributed by atoms with E-state index >= 15 is 0 Å². The quantitative estimate of drug-likeness (QED) is 0.671. The number of sulfonamides is 1. The molecule has 5 nitrogen and oxygen atoms in total. The second-order valence-electron chi connectivity index (χ2n) is 3.20. The molecular formula is C9H16BrClN2O3S2. The van der Waals surface area contributed by atoms with Crippen LogP contribution >= 0.6 is 39.7 Å². The molecule has 0 atom stereocenters. The maximum Gasteiger partial charge on any atom is 0.250 e. The Kier molecular flexibility index (Phi) is 9.40. The molecule has 0 spiro atoms. The van der Waals surface area contributed by atoms with Crippen molar-refractivity contribution in [3.05, 3.63) is 15.9 Å². The van der Waals surface area contributed by atoms with Crippen molar-refractivity contribution < 1.29 is 13.2 Å². The summed E-state index contributed by atoms with van der Waals surface area (Å²) < 4.78 is 32.0. The molecule has 0 saturated carbocycles. The molecule has 1 heterocycles. The molecule has 0 radical (unpaired) electrons. The summed E-state index contributed by atoms with van der Waals surface area (Å²) in [6, 6.07) is 3.30. The predicted molar refractivity (Wildman–Crippen MR) is 79.2 cm³/mol. The van der Waals surface area contributed by atoms with Gasteiger partial charge in [-0.2, -0.15) is 0 Å². The maximum absolute atomic E-state index is 11.8. The fourth-order valence-electron chi connectivity index (χ4n) is 1.09. The van der Waals surface area contributed by atoms with Crippen molar-refractivity contribution >= 4 is 49.7 Å². The van der Waals surface area contributed by atoms with Gasteiger partial charge in [0.25, 0.3) is 0 Å². The molecule has 0 saturated heterocycles. The van der Waals surface area contributed by atoms with Crippen molar-refractivity contribution in [3.8, 4) is 0 Å². The molecule has 1 aromatic rings. The van der Waals surface area contributed by atoms with Crippen LogP contribution in [0.3, 0.4) is 0 Å². The Bertz CT molecular complexity index is 439. The highest BCUT2D eigenvalue weighted by Crippen LogP contribution is 2.25. The van der Waals surface area contributed by atoms with Crippen molar-refractivity contribution in [2.24, 2.45) is 0 Å². The van der Waals surface area contributed by atoms with E-state index in [0.29, 0.717) is 30.5 Å². The van der Waals surface area contributed by atoms with Crippen molar-refractivity contribution in [1.82, 2.24) is 10.0 Å². The van der Waals surface area contributed by atoms with Crippen LogP contribution in [0.1, 0.15) is 0 Å². The van der Waals surface area contributed by atoms with E-state index in [-0.39, 0.29) is 12.4 Å². The van der Waals surface area contributed by atoms with Crippen molar-refractivity contribution in [2.75, 3.05) is 33.4 Å². The SMILES string of the molecule is COCCNCCNS(=O)(=O)c1ccc(Br)s1.Cl. The van der Waals surface area contributed by atoms with Gasteiger partial charge in [-0.1, -0.05) is 0 Å². The van der Waals surface area contributed by atoms with E-state index in [1.807, 2.05) is 0 Å². The zero-order valence-corrected chi connectivity index (χ0v) is 13.8. The molecule has 0 bridgehead atoms. The van der Waals surface area contributed by atoms with Gasteiger partial charge < -0.3 is 10.1 Å². The minimum atomic E-state index is -3.36. The lowest BCUT2D eigenvalue weighted by atomic mass is 10.6. The lowest BCUT2D eigenvalue weighted by molar-refractivity contribution is 0.199. The summed E-state index contributed by atoms with van der Waals surface area (Å²) in [6.45, 7) is 2.27. The lowest BCUT2D eigenvalue weighted by Crippen LogP contribution is -2.32. The minimum Gasteiger partial charge on any atom is -0.383 e. The fraction of sp³-hybridized carbons (Fsp3) is 0.556. The third-order valence-corrected chi connectivity index (χ3v) is 5.47. The molecule has 0 aliphatic rings. The van der Waals surface area contributed by atoms with E-state index < -0.39 is 10.0 Å². The van der Waals surface area contributed by atoms with Crippen LogP contribution in [0.2, 0.25) is 0 Å². The summed E-state index contributed by atoms with van der Waals surface area (Å²) in [5, 5.41) is 3.06. The first-order valence-corrected chi connectivity index (χ1v) is 8.10. The first kappa shape index (κ1) is 18.3. The zero-order chi connectivity index (χ0) is 12.7.